The molecule has 1 saturated heterocycles. The summed E-state index contributed by atoms with van der Waals surface area (Å²) in [5.74, 6) is 0.689. The zero-order valence-corrected chi connectivity index (χ0v) is 12.4. The molecule has 3 rings (SSSR count). The van der Waals surface area contributed by atoms with Gasteiger partial charge in [0.1, 0.15) is 5.75 Å². The fourth-order valence-electron chi connectivity index (χ4n) is 3.07. The Hall–Kier alpha value is -1.11. The number of methoxy groups -OCH3 is 1. The Balaban J connectivity index is 1.85. The first-order chi connectivity index (χ1) is 9.63. The molecule has 0 radical (unpaired) electrons. The van der Waals surface area contributed by atoms with Gasteiger partial charge in [-0.2, -0.15) is 0 Å². The van der Waals surface area contributed by atoms with Crippen molar-refractivity contribution in [1.82, 2.24) is 10.2 Å². The maximum Gasteiger partial charge on any atom is 0.183 e. The van der Waals surface area contributed by atoms with Gasteiger partial charge >= 0.3 is 0 Å². The SMILES string of the molecule is COc1cccc2c1CC(CN1CCNCC1)S2(=O)=O. The van der Waals surface area contributed by atoms with Gasteiger partial charge in [-0.05, 0) is 18.6 Å². The molecule has 0 spiro atoms. The standard InChI is InChI=1S/C14H20N2O3S/c1-19-13-3-2-4-14-12(13)9-11(20(14,17)18)10-16-7-5-15-6-8-16/h2-4,11,15H,5-10H2,1H3. The topological polar surface area (TPSA) is 58.6 Å². The Morgan fingerprint density at radius 1 is 1.35 bits per heavy atom. The second-order valence-electron chi connectivity index (χ2n) is 5.36. The summed E-state index contributed by atoms with van der Waals surface area (Å²) >= 11 is 0. The van der Waals surface area contributed by atoms with E-state index in [2.05, 4.69) is 10.2 Å². The molecule has 2 heterocycles. The van der Waals surface area contributed by atoms with E-state index in [1.165, 1.54) is 0 Å². The molecule has 6 heteroatoms. The predicted molar refractivity (Wildman–Crippen MR) is 77.0 cm³/mol. The summed E-state index contributed by atoms with van der Waals surface area (Å²) in [6.45, 7) is 4.31. The van der Waals surface area contributed by atoms with E-state index in [-0.39, 0.29) is 5.25 Å². The van der Waals surface area contributed by atoms with Gasteiger partial charge < -0.3 is 10.1 Å². The van der Waals surface area contributed by atoms with Gasteiger partial charge in [-0.3, -0.25) is 4.90 Å². The van der Waals surface area contributed by atoms with Crippen LogP contribution >= 0.6 is 0 Å². The lowest BCUT2D eigenvalue weighted by molar-refractivity contribution is 0.240. The number of ether oxygens (including phenoxy) is 1. The average Bonchev–Trinajstić information content (AvgIpc) is 2.72. The van der Waals surface area contributed by atoms with Crippen molar-refractivity contribution in [3.05, 3.63) is 23.8 Å². The van der Waals surface area contributed by atoms with Crippen molar-refractivity contribution < 1.29 is 13.2 Å². The van der Waals surface area contributed by atoms with E-state index in [9.17, 15) is 8.42 Å². The van der Waals surface area contributed by atoms with Crippen molar-refractivity contribution >= 4 is 9.84 Å². The summed E-state index contributed by atoms with van der Waals surface area (Å²) in [7, 11) is -1.63. The number of nitrogens with zero attached hydrogens (tertiary/aromatic N) is 1. The highest BCUT2D eigenvalue weighted by Crippen LogP contribution is 2.37. The summed E-state index contributed by atoms with van der Waals surface area (Å²) in [5, 5.41) is 2.94. The highest BCUT2D eigenvalue weighted by Gasteiger charge is 2.39. The monoisotopic (exact) mass is 296 g/mol. The van der Waals surface area contributed by atoms with Crippen LogP contribution in [-0.4, -0.2) is 58.4 Å². The summed E-state index contributed by atoms with van der Waals surface area (Å²) in [5.41, 5.74) is 0.843. The van der Waals surface area contributed by atoms with Crippen molar-refractivity contribution in [2.45, 2.75) is 16.6 Å². The van der Waals surface area contributed by atoms with Gasteiger partial charge in [0, 0.05) is 38.3 Å². The average molecular weight is 296 g/mol. The van der Waals surface area contributed by atoms with Crippen LogP contribution in [0.4, 0.5) is 0 Å². The smallest absolute Gasteiger partial charge is 0.183 e. The molecule has 0 saturated carbocycles. The summed E-state index contributed by atoms with van der Waals surface area (Å²) in [6, 6.07) is 5.29. The number of sulfone groups is 1. The zero-order valence-electron chi connectivity index (χ0n) is 11.6. The molecule has 1 N–H and O–H groups in total. The van der Waals surface area contributed by atoms with Crippen molar-refractivity contribution in [2.75, 3.05) is 39.8 Å². The number of nitrogens with one attached hydrogen (secondary N) is 1. The Morgan fingerprint density at radius 2 is 2.10 bits per heavy atom. The second-order valence-corrected chi connectivity index (χ2v) is 7.56. The van der Waals surface area contributed by atoms with Crippen LogP contribution in [0, 0.1) is 0 Å². The van der Waals surface area contributed by atoms with Gasteiger partial charge in [0.2, 0.25) is 0 Å². The normalized spacial score (nSPS) is 25.4. The number of hydrogen-bond acceptors (Lipinski definition) is 5. The molecule has 0 aliphatic carbocycles. The molecule has 1 aromatic rings. The molecule has 2 aliphatic heterocycles. The van der Waals surface area contributed by atoms with Gasteiger partial charge in [-0.1, -0.05) is 6.07 Å². The van der Waals surface area contributed by atoms with E-state index in [1.807, 2.05) is 6.07 Å². The van der Waals surface area contributed by atoms with Gasteiger partial charge in [-0.15, -0.1) is 0 Å². The molecule has 20 heavy (non-hydrogen) atoms. The number of fused-ring (bicyclic) bond motifs is 1. The molecule has 0 amide bonds. The number of rotatable bonds is 3. The fourth-order valence-corrected chi connectivity index (χ4v) is 5.01. The third kappa shape index (κ3) is 2.32. The lowest BCUT2D eigenvalue weighted by Crippen LogP contribution is -2.47. The molecule has 1 fully saturated rings. The highest BCUT2D eigenvalue weighted by atomic mass is 32.2. The molecule has 1 aromatic carbocycles. The van der Waals surface area contributed by atoms with E-state index < -0.39 is 9.84 Å². The van der Waals surface area contributed by atoms with Crippen LogP contribution < -0.4 is 10.1 Å². The largest absolute Gasteiger partial charge is 0.496 e. The molecule has 2 aliphatic rings. The molecule has 110 valence electrons. The molecular formula is C14H20N2O3S. The third-order valence-corrected chi connectivity index (χ3v) is 6.35. The summed E-state index contributed by atoms with van der Waals surface area (Å²) in [4.78, 5) is 2.69. The predicted octanol–water partition coefficient (Wildman–Crippen LogP) is 0.299. The third-order valence-electron chi connectivity index (χ3n) is 4.16. The highest BCUT2D eigenvalue weighted by molar-refractivity contribution is 7.92. The minimum absolute atomic E-state index is 0.341. The van der Waals surface area contributed by atoms with E-state index in [4.69, 9.17) is 4.74 Å². The first-order valence-corrected chi connectivity index (χ1v) is 8.50. The van der Waals surface area contributed by atoms with Crippen LogP contribution in [0.2, 0.25) is 0 Å². The van der Waals surface area contributed by atoms with E-state index >= 15 is 0 Å². The second kappa shape index (κ2) is 5.35. The molecule has 0 aromatic heterocycles. The zero-order chi connectivity index (χ0) is 14.2. The minimum atomic E-state index is -3.22. The van der Waals surface area contributed by atoms with Crippen molar-refractivity contribution in [3.8, 4) is 5.75 Å². The first kappa shape index (κ1) is 13.9. The summed E-state index contributed by atoms with van der Waals surface area (Å²) < 4.78 is 30.6. The van der Waals surface area contributed by atoms with E-state index in [1.54, 1.807) is 19.2 Å². The van der Waals surface area contributed by atoms with Crippen LogP contribution in [0.5, 0.6) is 5.75 Å². The molecule has 0 bridgehead atoms. The van der Waals surface area contributed by atoms with Crippen molar-refractivity contribution in [3.63, 3.8) is 0 Å². The van der Waals surface area contributed by atoms with Crippen molar-refractivity contribution in [2.24, 2.45) is 0 Å². The first-order valence-electron chi connectivity index (χ1n) is 6.96. The van der Waals surface area contributed by atoms with Gasteiger partial charge in [0.15, 0.2) is 9.84 Å². The van der Waals surface area contributed by atoms with E-state index in [0.717, 1.165) is 31.7 Å². The maximum absolute atomic E-state index is 12.6. The van der Waals surface area contributed by atoms with Crippen LogP contribution in [-0.2, 0) is 16.3 Å². The Kier molecular flexibility index (Phi) is 3.70. The number of hydrogen-bond donors (Lipinski definition) is 1. The quantitative estimate of drug-likeness (QED) is 0.869. The summed E-state index contributed by atoms with van der Waals surface area (Å²) in [6.07, 6.45) is 0.561. The lowest BCUT2D eigenvalue weighted by Gasteiger charge is -2.29. The van der Waals surface area contributed by atoms with E-state index in [0.29, 0.717) is 23.6 Å². The van der Waals surface area contributed by atoms with Crippen LogP contribution in [0.1, 0.15) is 5.56 Å². The Bertz CT molecular complexity index is 594. The fraction of sp³-hybridized carbons (Fsp3) is 0.571. The molecular weight excluding hydrogens is 276 g/mol. The minimum Gasteiger partial charge on any atom is -0.496 e. The lowest BCUT2D eigenvalue weighted by atomic mass is 10.1. The Morgan fingerprint density at radius 3 is 2.80 bits per heavy atom. The molecule has 1 atom stereocenters. The van der Waals surface area contributed by atoms with Crippen molar-refractivity contribution in [1.29, 1.82) is 0 Å². The Labute approximate surface area is 119 Å². The molecule has 5 nitrogen and oxygen atoms in total. The molecule has 1 unspecified atom stereocenters. The van der Waals surface area contributed by atoms with Gasteiger partial charge in [-0.25, -0.2) is 8.42 Å². The number of benzene rings is 1. The van der Waals surface area contributed by atoms with Gasteiger partial charge in [0.25, 0.3) is 0 Å². The van der Waals surface area contributed by atoms with Crippen LogP contribution in [0.25, 0.3) is 0 Å². The van der Waals surface area contributed by atoms with Gasteiger partial charge in [0.05, 0.1) is 17.3 Å². The van der Waals surface area contributed by atoms with Crippen LogP contribution in [0.3, 0.4) is 0 Å². The maximum atomic E-state index is 12.6. The number of piperazine rings is 1. The van der Waals surface area contributed by atoms with Crippen LogP contribution in [0.15, 0.2) is 23.1 Å².